The van der Waals surface area contributed by atoms with E-state index < -0.39 is 0 Å². The number of furan rings is 1. The summed E-state index contributed by atoms with van der Waals surface area (Å²) in [6.45, 7) is 2.47. The predicted molar refractivity (Wildman–Crippen MR) is 88.1 cm³/mol. The van der Waals surface area contributed by atoms with Gasteiger partial charge in [0.1, 0.15) is 5.76 Å². The van der Waals surface area contributed by atoms with Crippen molar-refractivity contribution in [3.63, 3.8) is 0 Å². The van der Waals surface area contributed by atoms with Crippen molar-refractivity contribution in [2.24, 2.45) is 0 Å². The van der Waals surface area contributed by atoms with E-state index in [4.69, 9.17) is 9.15 Å². The van der Waals surface area contributed by atoms with Crippen molar-refractivity contribution in [2.45, 2.75) is 31.9 Å². The molecule has 2 atom stereocenters. The summed E-state index contributed by atoms with van der Waals surface area (Å²) >= 11 is 0. The molecule has 0 bridgehead atoms. The molecule has 0 aromatic carbocycles. The smallest absolute Gasteiger partial charge is 0.258 e. The third kappa shape index (κ3) is 2.58. The zero-order valence-corrected chi connectivity index (χ0v) is 14.1. The highest BCUT2D eigenvalue weighted by atomic mass is 16.5. The lowest BCUT2D eigenvalue weighted by molar-refractivity contribution is 0.0681. The zero-order valence-electron chi connectivity index (χ0n) is 14.1. The Morgan fingerprint density at radius 1 is 1.44 bits per heavy atom. The molecule has 0 spiro atoms. The highest BCUT2D eigenvalue weighted by Gasteiger charge is 2.40. The van der Waals surface area contributed by atoms with Crippen LogP contribution >= 0.6 is 0 Å². The largest absolute Gasteiger partial charge is 0.469 e. The fourth-order valence-corrected chi connectivity index (χ4v) is 3.40. The number of methoxy groups -OCH3 is 1. The average molecular weight is 341 g/mol. The van der Waals surface area contributed by atoms with Crippen LogP contribution in [0.5, 0.6) is 0 Å². The number of nitrogens with zero attached hydrogens (tertiary/aromatic N) is 5. The Morgan fingerprint density at radius 2 is 2.32 bits per heavy atom. The molecule has 4 rings (SSSR count). The van der Waals surface area contributed by atoms with Crippen LogP contribution in [-0.4, -0.2) is 50.1 Å². The first-order valence-corrected chi connectivity index (χ1v) is 8.27. The quantitative estimate of drug-likeness (QED) is 0.720. The van der Waals surface area contributed by atoms with Crippen molar-refractivity contribution in [1.29, 1.82) is 0 Å². The molecule has 8 heteroatoms. The molecule has 1 aliphatic rings. The summed E-state index contributed by atoms with van der Waals surface area (Å²) in [5.41, 5.74) is 1.25. The van der Waals surface area contributed by atoms with E-state index in [9.17, 15) is 4.79 Å². The standard InChI is InChI=1S/C17H19N5O3/c1-3-14-12(4-7-25-14)17(23)22-10-11(24-2)8-13(22)16-20-19-15-9-18-5-6-21(15)16/h4-7,9,11,13H,3,8,10H2,1-2H3/t11-,13+/m1/s1. The second-order valence-corrected chi connectivity index (χ2v) is 6.04. The molecule has 130 valence electrons. The Hall–Kier alpha value is -2.74. The molecule has 25 heavy (non-hydrogen) atoms. The Balaban J connectivity index is 1.73. The minimum atomic E-state index is -0.213. The highest BCUT2D eigenvalue weighted by Crippen LogP contribution is 2.34. The molecular formula is C17H19N5O3. The molecule has 4 heterocycles. The van der Waals surface area contributed by atoms with E-state index in [1.54, 1.807) is 36.7 Å². The van der Waals surface area contributed by atoms with Crippen molar-refractivity contribution in [3.05, 3.63) is 48.1 Å². The lowest BCUT2D eigenvalue weighted by Gasteiger charge is -2.23. The van der Waals surface area contributed by atoms with Crippen molar-refractivity contribution in [3.8, 4) is 0 Å². The Morgan fingerprint density at radius 3 is 3.12 bits per heavy atom. The summed E-state index contributed by atoms with van der Waals surface area (Å²) in [7, 11) is 1.66. The maximum Gasteiger partial charge on any atom is 0.258 e. The van der Waals surface area contributed by atoms with Gasteiger partial charge in [-0.15, -0.1) is 10.2 Å². The number of hydrogen-bond acceptors (Lipinski definition) is 6. The molecule has 0 saturated carbocycles. The highest BCUT2D eigenvalue weighted by molar-refractivity contribution is 5.95. The van der Waals surface area contributed by atoms with Crippen LogP contribution in [0.4, 0.5) is 0 Å². The van der Waals surface area contributed by atoms with Gasteiger partial charge in [-0.3, -0.25) is 14.2 Å². The molecule has 3 aromatic rings. The predicted octanol–water partition coefficient (Wildman–Crippen LogP) is 1.88. The number of aryl methyl sites for hydroxylation is 1. The summed E-state index contributed by atoms with van der Waals surface area (Å²) < 4.78 is 12.8. The van der Waals surface area contributed by atoms with Gasteiger partial charge in [0.15, 0.2) is 11.5 Å². The minimum absolute atomic E-state index is 0.0416. The number of likely N-dealkylation sites (tertiary alicyclic amines) is 1. The first kappa shape index (κ1) is 15.8. The fraction of sp³-hybridized carbons (Fsp3) is 0.412. The van der Waals surface area contributed by atoms with Crippen molar-refractivity contribution in [2.75, 3.05) is 13.7 Å². The SMILES string of the molecule is CCc1occc1C(=O)N1C[C@H](OC)C[C@H]1c1nnc2cnccn12. The second-order valence-electron chi connectivity index (χ2n) is 6.04. The number of carbonyl (C=O) groups excluding carboxylic acids is 1. The number of carbonyl (C=O) groups is 1. The molecule has 0 aliphatic carbocycles. The molecule has 0 radical (unpaired) electrons. The minimum Gasteiger partial charge on any atom is -0.469 e. The average Bonchev–Trinajstić information content (AvgIpc) is 3.37. The number of rotatable bonds is 4. The molecule has 3 aromatic heterocycles. The van der Waals surface area contributed by atoms with Gasteiger partial charge in [0.25, 0.3) is 5.91 Å². The number of aromatic nitrogens is 4. The van der Waals surface area contributed by atoms with Gasteiger partial charge in [-0.1, -0.05) is 6.92 Å². The number of amides is 1. The van der Waals surface area contributed by atoms with Gasteiger partial charge in [-0.25, -0.2) is 0 Å². The van der Waals surface area contributed by atoms with E-state index in [2.05, 4.69) is 15.2 Å². The van der Waals surface area contributed by atoms with Crippen molar-refractivity contribution < 1.29 is 13.9 Å². The fourth-order valence-electron chi connectivity index (χ4n) is 3.40. The topological polar surface area (TPSA) is 85.8 Å². The van der Waals surface area contributed by atoms with E-state index in [1.807, 2.05) is 17.5 Å². The summed E-state index contributed by atoms with van der Waals surface area (Å²) in [5, 5.41) is 8.46. The van der Waals surface area contributed by atoms with E-state index in [0.717, 1.165) is 0 Å². The van der Waals surface area contributed by atoms with Gasteiger partial charge in [0, 0.05) is 38.9 Å². The molecule has 0 unspecified atom stereocenters. The molecule has 0 N–H and O–H groups in total. The third-order valence-electron chi connectivity index (χ3n) is 4.69. The first-order valence-electron chi connectivity index (χ1n) is 8.27. The monoisotopic (exact) mass is 341 g/mol. The lowest BCUT2D eigenvalue weighted by Crippen LogP contribution is -2.33. The summed E-state index contributed by atoms with van der Waals surface area (Å²) in [6.07, 6.45) is 7.99. The van der Waals surface area contributed by atoms with Gasteiger partial charge in [0.05, 0.1) is 30.2 Å². The number of fused-ring (bicyclic) bond motifs is 1. The first-order chi connectivity index (χ1) is 12.2. The molecular weight excluding hydrogens is 322 g/mol. The van der Waals surface area contributed by atoms with E-state index >= 15 is 0 Å². The van der Waals surface area contributed by atoms with E-state index in [-0.39, 0.29) is 18.1 Å². The summed E-state index contributed by atoms with van der Waals surface area (Å²) in [4.78, 5) is 19.0. The normalized spacial score (nSPS) is 20.5. The van der Waals surface area contributed by atoms with Gasteiger partial charge in [-0.2, -0.15) is 0 Å². The summed E-state index contributed by atoms with van der Waals surface area (Å²) in [5.74, 6) is 1.34. The third-order valence-corrected chi connectivity index (χ3v) is 4.69. The van der Waals surface area contributed by atoms with Crippen molar-refractivity contribution in [1.82, 2.24) is 24.5 Å². The lowest BCUT2D eigenvalue weighted by atomic mass is 10.1. The maximum absolute atomic E-state index is 13.1. The number of hydrogen-bond donors (Lipinski definition) is 0. The van der Waals surface area contributed by atoms with Gasteiger partial charge in [-0.05, 0) is 6.07 Å². The zero-order chi connectivity index (χ0) is 17.4. The summed E-state index contributed by atoms with van der Waals surface area (Å²) in [6, 6.07) is 1.51. The van der Waals surface area contributed by atoms with E-state index in [0.29, 0.717) is 42.2 Å². The van der Waals surface area contributed by atoms with Crippen LogP contribution < -0.4 is 0 Å². The molecule has 1 fully saturated rings. The van der Waals surface area contributed by atoms with Gasteiger partial charge in [0.2, 0.25) is 0 Å². The second kappa shape index (κ2) is 6.29. The van der Waals surface area contributed by atoms with Crippen molar-refractivity contribution >= 4 is 11.6 Å². The van der Waals surface area contributed by atoms with Gasteiger partial charge < -0.3 is 14.1 Å². The van der Waals surface area contributed by atoms with Crippen LogP contribution in [0.2, 0.25) is 0 Å². The van der Waals surface area contributed by atoms with Crippen LogP contribution in [0.3, 0.4) is 0 Å². The van der Waals surface area contributed by atoms with Crippen LogP contribution in [0, 0.1) is 0 Å². The molecule has 1 aliphatic heterocycles. The Bertz CT molecular complexity index is 902. The molecule has 1 saturated heterocycles. The Kier molecular flexibility index (Phi) is 3.96. The number of ether oxygens (including phenoxy) is 1. The molecule has 1 amide bonds. The van der Waals surface area contributed by atoms with Crippen LogP contribution in [-0.2, 0) is 11.2 Å². The van der Waals surface area contributed by atoms with Crippen LogP contribution in [0.25, 0.3) is 5.65 Å². The van der Waals surface area contributed by atoms with Crippen LogP contribution in [0.1, 0.15) is 41.3 Å². The van der Waals surface area contributed by atoms with Crippen LogP contribution in [0.15, 0.2) is 35.3 Å². The van der Waals surface area contributed by atoms with Gasteiger partial charge >= 0.3 is 0 Å². The van der Waals surface area contributed by atoms with E-state index in [1.165, 1.54) is 0 Å². The maximum atomic E-state index is 13.1. The molecule has 8 nitrogen and oxygen atoms in total. The Labute approximate surface area is 144 Å².